The normalized spacial score (nSPS) is 12.3. The van der Waals surface area contributed by atoms with Crippen LogP contribution in [0.3, 0.4) is 0 Å². The Bertz CT molecular complexity index is 692. The number of guanidine groups is 1. The number of rotatable bonds is 10. The van der Waals surface area contributed by atoms with Crippen molar-refractivity contribution in [1.82, 2.24) is 10.6 Å². The summed E-state index contributed by atoms with van der Waals surface area (Å²) in [6.07, 6.45) is -0.0471. The molecule has 1 atom stereocenters. The molecule has 0 heterocycles. The average Bonchev–Trinajstić information content (AvgIpc) is 2.71. The molecule has 2 aromatic carbocycles. The predicted octanol–water partition coefficient (Wildman–Crippen LogP) is 2.84. The number of methoxy groups -OCH3 is 1. The van der Waals surface area contributed by atoms with Crippen LogP contribution < -0.4 is 20.1 Å². The summed E-state index contributed by atoms with van der Waals surface area (Å²) in [4.78, 5) is 4.22. The van der Waals surface area contributed by atoms with E-state index in [0.29, 0.717) is 32.3 Å². The monoisotopic (exact) mass is 371 g/mol. The summed E-state index contributed by atoms with van der Waals surface area (Å²) in [6.45, 7) is 4.49. The summed E-state index contributed by atoms with van der Waals surface area (Å²) in [6, 6.07) is 17.7. The van der Waals surface area contributed by atoms with E-state index in [0.717, 1.165) is 11.5 Å². The molecule has 0 saturated heterocycles. The van der Waals surface area contributed by atoms with Crippen LogP contribution in [0.1, 0.15) is 12.5 Å². The number of para-hydroxylation sites is 2. The molecule has 0 aliphatic heterocycles. The van der Waals surface area contributed by atoms with Gasteiger partial charge in [-0.05, 0) is 24.6 Å². The molecule has 2 N–H and O–H groups in total. The Morgan fingerprint density at radius 1 is 1.00 bits per heavy atom. The van der Waals surface area contributed by atoms with Crippen molar-refractivity contribution in [3.63, 3.8) is 0 Å². The van der Waals surface area contributed by atoms with Crippen molar-refractivity contribution in [3.8, 4) is 11.5 Å². The van der Waals surface area contributed by atoms with Gasteiger partial charge in [-0.2, -0.15) is 0 Å². The van der Waals surface area contributed by atoms with Crippen molar-refractivity contribution in [2.24, 2.45) is 4.99 Å². The van der Waals surface area contributed by atoms with Crippen molar-refractivity contribution in [1.29, 1.82) is 0 Å². The molecule has 0 aromatic heterocycles. The zero-order chi connectivity index (χ0) is 19.3. The standard InChI is InChI=1S/C21H29N3O3/c1-17(27-20-12-8-7-11-19(20)25-3)15-24-21(22-2)23-13-14-26-16-18-9-5-4-6-10-18/h4-12,17H,13-16H2,1-3H3,(H2,22,23,24). The second kappa shape index (κ2) is 11.8. The van der Waals surface area contributed by atoms with Crippen LogP contribution in [0.5, 0.6) is 11.5 Å². The van der Waals surface area contributed by atoms with Crippen LogP contribution >= 0.6 is 0 Å². The van der Waals surface area contributed by atoms with Gasteiger partial charge in [0.1, 0.15) is 6.10 Å². The predicted molar refractivity (Wildman–Crippen MR) is 109 cm³/mol. The molecule has 6 nitrogen and oxygen atoms in total. The lowest BCUT2D eigenvalue weighted by Crippen LogP contribution is -2.42. The fourth-order valence-corrected chi connectivity index (χ4v) is 2.44. The Morgan fingerprint density at radius 2 is 1.70 bits per heavy atom. The lowest BCUT2D eigenvalue weighted by molar-refractivity contribution is 0.125. The molecule has 0 spiro atoms. The van der Waals surface area contributed by atoms with Gasteiger partial charge in [-0.3, -0.25) is 4.99 Å². The summed E-state index contributed by atoms with van der Waals surface area (Å²) in [5, 5.41) is 6.48. The van der Waals surface area contributed by atoms with Gasteiger partial charge in [0.15, 0.2) is 17.5 Å². The number of benzene rings is 2. The molecule has 0 amide bonds. The molecular formula is C21H29N3O3. The maximum atomic E-state index is 5.93. The van der Waals surface area contributed by atoms with Gasteiger partial charge in [-0.15, -0.1) is 0 Å². The topological polar surface area (TPSA) is 64.1 Å². The molecule has 0 fully saturated rings. The van der Waals surface area contributed by atoms with Crippen LogP contribution in [-0.2, 0) is 11.3 Å². The molecule has 0 aliphatic carbocycles. The van der Waals surface area contributed by atoms with Crippen LogP contribution in [0.4, 0.5) is 0 Å². The molecule has 0 aliphatic rings. The SMILES string of the molecule is CN=C(NCCOCc1ccccc1)NCC(C)Oc1ccccc1OC. The first kappa shape index (κ1) is 20.6. The van der Waals surface area contributed by atoms with E-state index in [-0.39, 0.29) is 6.10 Å². The largest absolute Gasteiger partial charge is 0.493 e. The highest BCUT2D eigenvalue weighted by atomic mass is 16.5. The van der Waals surface area contributed by atoms with Gasteiger partial charge >= 0.3 is 0 Å². The summed E-state index contributed by atoms with van der Waals surface area (Å²) in [5.74, 6) is 2.17. The highest BCUT2D eigenvalue weighted by Crippen LogP contribution is 2.26. The highest BCUT2D eigenvalue weighted by Gasteiger charge is 2.09. The first-order chi connectivity index (χ1) is 13.2. The van der Waals surface area contributed by atoms with E-state index in [1.165, 1.54) is 5.56 Å². The molecule has 27 heavy (non-hydrogen) atoms. The molecule has 2 rings (SSSR count). The van der Waals surface area contributed by atoms with Crippen molar-refractivity contribution in [3.05, 3.63) is 60.2 Å². The van der Waals surface area contributed by atoms with Crippen LogP contribution in [0, 0.1) is 0 Å². The van der Waals surface area contributed by atoms with E-state index in [1.807, 2.05) is 49.4 Å². The third-order valence-electron chi connectivity index (χ3n) is 3.83. The third kappa shape index (κ3) is 7.58. The minimum absolute atomic E-state index is 0.0471. The number of nitrogens with one attached hydrogen (secondary N) is 2. The fraction of sp³-hybridized carbons (Fsp3) is 0.381. The summed E-state index contributed by atoms with van der Waals surface area (Å²) in [5.41, 5.74) is 1.17. The smallest absolute Gasteiger partial charge is 0.191 e. The Kier molecular flexibility index (Phi) is 9.00. The lowest BCUT2D eigenvalue weighted by Gasteiger charge is -2.19. The minimum Gasteiger partial charge on any atom is -0.493 e. The second-order valence-corrected chi connectivity index (χ2v) is 6.00. The van der Waals surface area contributed by atoms with Crippen LogP contribution in [0.25, 0.3) is 0 Å². The van der Waals surface area contributed by atoms with E-state index >= 15 is 0 Å². The van der Waals surface area contributed by atoms with Crippen molar-refractivity contribution >= 4 is 5.96 Å². The fourth-order valence-electron chi connectivity index (χ4n) is 2.44. The van der Waals surface area contributed by atoms with Crippen LogP contribution in [0.2, 0.25) is 0 Å². The number of aliphatic imine (C=N–C) groups is 1. The van der Waals surface area contributed by atoms with Crippen LogP contribution in [0.15, 0.2) is 59.6 Å². The van der Waals surface area contributed by atoms with Crippen molar-refractivity contribution in [2.75, 3.05) is 33.9 Å². The van der Waals surface area contributed by atoms with Gasteiger partial charge < -0.3 is 24.8 Å². The first-order valence-corrected chi connectivity index (χ1v) is 9.08. The molecule has 146 valence electrons. The number of nitrogens with zero attached hydrogens (tertiary/aromatic N) is 1. The van der Waals surface area contributed by atoms with Crippen LogP contribution in [-0.4, -0.2) is 45.9 Å². The van der Waals surface area contributed by atoms with E-state index in [9.17, 15) is 0 Å². The summed E-state index contributed by atoms with van der Waals surface area (Å²) in [7, 11) is 3.38. The lowest BCUT2D eigenvalue weighted by atomic mass is 10.2. The van der Waals surface area contributed by atoms with Gasteiger partial charge in [0, 0.05) is 13.6 Å². The van der Waals surface area contributed by atoms with Gasteiger partial charge in [0.2, 0.25) is 0 Å². The zero-order valence-corrected chi connectivity index (χ0v) is 16.3. The molecule has 0 radical (unpaired) electrons. The Balaban J connectivity index is 1.64. The van der Waals surface area contributed by atoms with E-state index in [2.05, 4.69) is 27.8 Å². The van der Waals surface area contributed by atoms with Crippen molar-refractivity contribution in [2.45, 2.75) is 19.6 Å². The molecule has 6 heteroatoms. The number of hydrogen-bond donors (Lipinski definition) is 2. The number of ether oxygens (including phenoxy) is 3. The highest BCUT2D eigenvalue weighted by molar-refractivity contribution is 5.79. The summed E-state index contributed by atoms with van der Waals surface area (Å²) < 4.78 is 16.9. The molecular weight excluding hydrogens is 342 g/mol. The van der Waals surface area contributed by atoms with Gasteiger partial charge in [-0.25, -0.2) is 0 Å². The molecule has 0 bridgehead atoms. The zero-order valence-electron chi connectivity index (χ0n) is 16.3. The third-order valence-corrected chi connectivity index (χ3v) is 3.83. The van der Waals surface area contributed by atoms with Gasteiger partial charge in [0.05, 0.1) is 26.9 Å². The molecule has 0 saturated carbocycles. The minimum atomic E-state index is -0.0471. The first-order valence-electron chi connectivity index (χ1n) is 9.08. The van der Waals surface area contributed by atoms with Gasteiger partial charge in [-0.1, -0.05) is 42.5 Å². The van der Waals surface area contributed by atoms with E-state index < -0.39 is 0 Å². The van der Waals surface area contributed by atoms with E-state index in [1.54, 1.807) is 14.2 Å². The number of hydrogen-bond acceptors (Lipinski definition) is 4. The van der Waals surface area contributed by atoms with E-state index in [4.69, 9.17) is 14.2 Å². The molecule has 1 unspecified atom stereocenters. The second-order valence-electron chi connectivity index (χ2n) is 6.00. The summed E-state index contributed by atoms with van der Waals surface area (Å²) >= 11 is 0. The quantitative estimate of drug-likeness (QED) is 0.382. The average molecular weight is 371 g/mol. The Morgan fingerprint density at radius 3 is 2.41 bits per heavy atom. The Hall–Kier alpha value is -2.73. The molecule has 2 aromatic rings. The maximum absolute atomic E-state index is 5.93. The maximum Gasteiger partial charge on any atom is 0.191 e. The Labute approximate surface area is 161 Å². The van der Waals surface area contributed by atoms with Crippen molar-refractivity contribution < 1.29 is 14.2 Å². The van der Waals surface area contributed by atoms with Gasteiger partial charge in [0.25, 0.3) is 0 Å².